The molecule has 2 aromatic rings. The molecule has 1 heterocycles. The van der Waals surface area contributed by atoms with Crippen LogP contribution in [0.15, 0.2) is 54.6 Å². The zero-order valence-corrected chi connectivity index (χ0v) is 17.0. The molecule has 0 spiro atoms. The van der Waals surface area contributed by atoms with Crippen LogP contribution in [0.1, 0.15) is 37.3 Å². The predicted molar refractivity (Wildman–Crippen MR) is 114 cm³/mol. The van der Waals surface area contributed by atoms with Crippen LogP contribution < -0.4 is 15.1 Å². The smallest absolute Gasteiger partial charge is 0.283 e. The molecule has 2 aromatic carbocycles. The van der Waals surface area contributed by atoms with Crippen molar-refractivity contribution in [2.24, 2.45) is 0 Å². The van der Waals surface area contributed by atoms with Gasteiger partial charge in [-0.05, 0) is 37.1 Å². The minimum atomic E-state index is -0.171. The van der Waals surface area contributed by atoms with Crippen LogP contribution in [-0.2, 0) is 4.79 Å². The Balaban J connectivity index is 1.48. The van der Waals surface area contributed by atoms with E-state index in [0.29, 0.717) is 11.1 Å². The normalized spacial score (nSPS) is 19.5. The quantitative estimate of drug-likeness (QED) is 0.812. The summed E-state index contributed by atoms with van der Waals surface area (Å²) in [4.78, 5) is 17.0. The van der Waals surface area contributed by atoms with E-state index in [-0.39, 0.29) is 11.9 Å². The topological polar surface area (TPSA) is 36.8 Å². The Morgan fingerprint density at radius 1 is 1.00 bits per heavy atom. The van der Waals surface area contributed by atoms with Crippen molar-refractivity contribution in [1.29, 1.82) is 0 Å². The van der Waals surface area contributed by atoms with E-state index in [1.54, 1.807) is 0 Å². The molecule has 4 nitrogen and oxygen atoms in total. The van der Waals surface area contributed by atoms with Gasteiger partial charge < -0.3 is 15.1 Å². The molecule has 5 heteroatoms. The van der Waals surface area contributed by atoms with Gasteiger partial charge in [0.1, 0.15) is 0 Å². The van der Waals surface area contributed by atoms with Crippen molar-refractivity contribution >= 4 is 23.2 Å². The van der Waals surface area contributed by atoms with E-state index in [4.69, 9.17) is 11.6 Å². The second-order valence-electron chi connectivity index (χ2n) is 7.96. The summed E-state index contributed by atoms with van der Waals surface area (Å²) in [7, 11) is 0. The number of carbonyl (C=O) groups excluding carboxylic acids is 1. The van der Waals surface area contributed by atoms with Crippen molar-refractivity contribution < 1.29 is 9.69 Å². The van der Waals surface area contributed by atoms with Crippen LogP contribution in [0.4, 0.5) is 5.69 Å². The number of rotatable bonds is 5. The first-order valence-corrected chi connectivity index (χ1v) is 10.8. The van der Waals surface area contributed by atoms with Gasteiger partial charge in [-0.3, -0.25) is 4.79 Å². The highest BCUT2D eigenvalue weighted by Gasteiger charge is 2.35. The number of anilines is 1. The van der Waals surface area contributed by atoms with E-state index >= 15 is 0 Å². The maximum absolute atomic E-state index is 13.3. The van der Waals surface area contributed by atoms with E-state index in [0.717, 1.165) is 44.6 Å². The number of hydrogen-bond donors (Lipinski definition) is 2. The van der Waals surface area contributed by atoms with Gasteiger partial charge in [-0.15, -0.1) is 0 Å². The molecular formula is C23H29ClN3O+. The molecule has 1 aliphatic heterocycles. The molecule has 0 radical (unpaired) electrons. The number of piperazine rings is 1. The number of quaternary nitrogens is 1. The predicted octanol–water partition coefficient (Wildman–Crippen LogP) is 2.85. The number of hydrogen-bond acceptors (Lipinski definition) is 2. The van der Waals surface area contributed by atoms with Crippen LogP contribution in [0, 0.1) is 0 Å². The summed E-state index contributed by atoms with van der Waals surface area (Å²) in [5.74, 6) is 0.164. The highest BCUT2D eigenvalue weighted by molar-refractivity contribution is 6.30. The monoisotopic (exact) mass is 398 g/mol. The van der Waals surface area contributed by atoms with Crippen molar-refractivity contribution in [2.45, 2.75) is 37.8 Å². The molecule has 1 saturated heterocycles. The SMILES string of the molecule is O=C(NC1CCCC1)C(c1ccc(Cl)cc1)[NH+]1CCN(c2ccccc2)CC1. The molecule has 148 valence electrons. The number of nitrogens with zero attached hydrogens (tertiary/aromatic N) is 1. The first kappa shape index (κ1) is 19.3. The molecule has 1 aliphatic carbocycles. The van der Waals surface area contributed by atoms with Gasteiger partial charge in [-0.1, -0.05) is 54.8 Å². The third-order valence-corrected chi connectivity index (χ3v) is 6.35. The molecule has 0 aromatic heterocycles. The first-order chi connectivity index (χ1) is 13.7. The first-order valence-electron chi connectivity index (χ1n) is 10.4. The minimum absolute atomic E-state index is 0.164. The average molecular weight is 399 g/mol. The molecule has 1 unspecified atom stereocenters. The average Bonchev–Trinajstić information content (AvgIpc) is 3.24. The molecule has 1 saturated carbocycles. The van der Waals surface area contributed by atoms with E-state index in [1.807, 2.05) is 24.3 Å². The van der Waals surface area contributed by atoms with Gasteiger partial charge >= 0.3 is 0 Å². The lowest BCUT2D eigenvalue weighted by Crippen LogP contribution is -3.16. The maximum atomic E-state index is 13.3. The van der Waals surface area contributed by atoms with Gasteiger partial charge in [0.15, 0.2) is 6.04 Å². The van der Waals surface area contributed by atoms with Crippen LogP contribution in [0.5, 0.6) is 0 Å². The molecule has 2 fully saturated rings. The zero-order chi connectivity index (χ0) is 19.3. The fourth-order valence-corrected chi connectivity index (χ4v) is 4.69. The number of para-hydroxylation sites is 1. The summed E-state index contributed by atoms with van der Waals surface area (Å²) in [5.41, 5.74) is 2.32. The van der Waals surface area contributed by atoms with E-state index in [1.165, 1.54) is 23.4 Å². The fourth-order valence-electron chi connectivity index (χ4n) is 4.56. The van der Waals surface area contributed by atoms with Gasteiger partial charge in [0.2, 0.25) is 0 Å². The standard InChI is InChI=1S/C23H28ClN3O/c24-19-12-10-18(11-13-19)22(23(28)25-20-6-4-5-7-20)27-16-14-26(15-17-27)21-8-2-1-3-9-21/h1-3,8-13,20,22H,4-7,14-17H2,(H,25,28)/p+1. The van der Waals surface area contributed by atoms with Crippen LogP contribution in [0.25, 0.3) is 0 Å². The van der Waals surface area contributed by atoms with Crippen LogP contribution >= 0.6 is 11.6 Å². The van der Waals surface area contributed by atoms with E-state index in [9.17, 15) is 4.79 Å². The molecule has 2 N–H and O–H groups in total. The summed E-state index contributed by atoms with van der Waals surface area (Å²) >= 11 is 6.09. The lowest BCUT2D eigenvalue weighted by atomic mass is 10.0. The highest BCUT2D eigenvalue weighted by atomic mass is 35.5. The van der Waals surface area contributed by atoms with Gasteiger partial charge in [0.25, 0.3) is 5.91 Å². The van der Waals surface area contributed by atoms with Crippen molar-refractivity contribution in [1.82, 2.24) is 5.32 Å². The van der Waals surface area contributed by atoms with Crippen molar-refractivity contribution in [3.05, 3.63) is 65.2 Å². The van der Waals surface area contributed by atoms with Crippen LogP contribution in [0.3, 0.4) is 0 Å². The zero-order valence-electron chi connectivity index (χ0n) is 16.2. The van der Waals surface area contributed by atoms with Crippen LogP contribution in [-0.4, -0.2) is 38.1 Å². The van der Waals surface area contributed by atoms with Gasteiger partial charge in [-0.25, -0.2) is 0 Å². The molecule has 28 heavy (non-hydrogen) atoms. The van der Waals surface area contributed by atoms with Crippen LogP contribution in [0.2, 0.25) is 5.02 Å². The largest absolute Gasteiger partial charge is 0.360 e. The third-order valence-electron chi connectivity index (χ3n) is 6.10. The molecule has 0 bridgehead atoms. The van der Waals surface area contributed by atoms with Crippen molar-refractivity contribution in [3.63, 3.8) is 0 Å². The summed E-state index contributed by atoms with van der Waals surface area (Å²) < 4.78 is 0. The lowest BCUT2D eigenvalue weighted by Gasteiger charge is -2.37. The Labute approximate surface area is 172 Å². The Bertz CT molecular complexity index is 766. The van der Waals surface area contributed by atoms with E-state index in [2.05, 4.69) is 40.5 Å². The number of carbonyl (C=O) groups is 1. The molecular weight excluding hydrogens is 370 g/mol. The summed E-state index contributed by atoms with van der Waals surface area (Å²) in [6.07, 6.45) is 4.66. The number of benzene rings is 2. The molecule has 2 aliphatic rings. The highest BCUT2D eigenvalue weighted by Crippen LogP contribution is 2.20. The molecule has 4 rings (SSSR count). The van der Waals surface area contributed by atoms with E-state index < -0.39 is 0 Å². The second kappa shape index (κ2) is 8.97. The Morgan fingerprint density at radius 3 is 2.29 bits per heavy atom. The minimum Gasteiger partial charge on any atom is -0.360 e. The Morgan fingerprint density at radius 2 is 1.64 bits per heavy atom. The number of halogens is 1. The summed E-state index contributed by atoms with van der Waals surface area (Å²) in [6.45, 7) is 3.81. The number of amides is 1. The summed E-state index contributed by atoms with van der Waals surface area (Å²) in [6, 6.07) is 18.5. The molecule has 1 amide bonds. The third kappa shape index (κ3) is 4.50. The maximum Gasteiger partial charge on any atom is 0.283 e. The van der Waals surface area contributed by atoms with Crippen molar-refractivity contribution in [3.8, 4) is 0 Å². The lowest BCUT2D eigenvalue weighted by molar-refractivity contribution is -0.922. The second-order valence-corrected chi connectivity index (χ2v) is 8.39. The number of nitrogens with one attached hydrogen (secondary N) is 2. The van der Waals surface area contributed by atoms with Gasteiger partial charge in [0, 0.05) is 22.3 Å². The van der Waals surface area contributed by atoms with Crippen molar-refractivity contribution in [2.75, 3.05) is 31.1 Å². The van der Waals surface area contributed by atoms with Gasteiger partial charge in [-0.2, -0.15) is 0 Å². The van der Waals surface area contributed by atoms with Gasteiger partial charge in [0.05, 0.1) is 26.2 Å². The summed E-state index contributed by atoms with van der Waals surface area (Å²) in [5, 5.41) is 4.04. The molecule has 1 atom stereocenters. The Kier molecular flexibility index (Phi) is 6.18. The Hall–Kier alpha value is -2.04. The fraction of sp³-hybridized carbons (Fsp3) is 0.435.